The number of hydrogen-bond acceptors (Lipinski definition) is 3. The van der Waals surface area contributed by atoms with Gasteiger partial charge in [0.15, 0.2) is 0 Å². The second-order valence-electron chi connectivity index (χ2n) is 5.32. The van der Waals surface area contributed by atoms with Gasteiger partial charge in [0.1, 0.15) is 0 Å². The fraction of sp³-hybridized carbons (Fsp3) is 0.235. The molecule has 1 aliphatic heterocycles. The highest BCUT2D eigenvalue weighted by Crippen LogP contribution is 2.22. The van der Waals surface area contributed by atoms with Crippen molar-refractivity contribution in [1.29, 1.82) is 0 Å². The number of hydrogen-bond donors (Lipinski definition) is 3. The fourth-order valence-corrected chi connectivity index (χ4v) is 2.72. The predicted octanol–water partition coefficient (Wildman–Crippen LogP) is 2.84. The summed E-state index contributed by atoms with van der Waals surface area (Å²) in [5, 5.41) is 14.3. The molecule has 114 valence electrons. The normalized spacial score (nSPS) is 14.1. The van der Waals surface area contributed by atoms with E-state index in [1.165, 1.54) is 5.56 Å². The largest absolute Gasteiger partial charge is 0.392 e. The summed E-state index contributed by atoms with van der Waals surface area (Å²) >= 11 is 6.06. The molecule has 0 aliphatic carbocycles. The first kappa shape index (κ1) is 14.9. The molecule has 0 saturated heterocycles. The van der Waals surface area contributed by atoms with E-state index in [1.807, 2.05) is 30.5 Å². The molecule has 0 fully saturated rings. The number of fused-ring (bicyclic) bond motifs is 1. The monoisotopic (exact) mass is 315 g/mol. The van der Waals surface area contributed by atoms with Crippen LogP contribution in [0.15, 0.2) is 53.3 Å². The number of aromatic nitrogens is 1. The Balaban J connectivity index is 1.60. The van der Waals surface area contributed by atoms with Crippen molar-refractivity contribution in [2.45, 2.75) is 6.42 Å². The zero-order valence-corrected chi connectivity index (χ0v) is 13.0. The van der Waals surface area contributed by atoms with Gasteiger partial charge in [-0.05, 0) is 41.8 Å². The Kier molecular flexibility index (Phi) is 4.32. The molecule has 3 N–H and O–H groups in total. The van der Waals surface area contributed by atoms with Gasteiger partial charge in [0.25, 0.3) is 0 Å². The highest BCUT2D eigenvalue weighted by molar-refractivity contribution is 6.31. The van der Waals surface area contributed by atoms with Crippen molar-refractivity contribution >= 4 is 28.2 Å². The third-order valence-electron chi connectivity index (χ3n) is 3.77. The zero-order valence-electron chi connectivity index (χ0n) is 12.2. The van der Waals surface area contributed by atoms with E-state index in [4.69, 9.17) is 16.7 Å². The Bertz CT molecular complexity index is 773. The van der Waals surface area contributed by atoms with E-state index in [-0.39, 0.29) is 6.61 Å². The molecule has 5 heteroatoms. The summed E-state index contributed by atoms with van der Waals surface area (Å²) in [5.41, 5.74) is 4.85. The molecule has 1 aromatic heterocycles. The van der Waals surface area contributed by atoms with Crippen molar-refractivity contribution in [2.24, 2.45) is 4.99 Å². The highest BCUT2D eigenvalue weighted by atomic mass is 35.5. The molecule has 0 unspecified atom stereocenters. The Morgan fingerprint density at radius 2 is 2.32 bits per heavy atom. The van der Waals surface area contributed by atoms with Crippen molar-refractivity contribution < 1.29 is 5.11 Å². The van der Waals surface area contributed by atoms with Crippen LogP contribution < -0.4 is 5.32 Å². The van der Waals surface area contributed by atoms with Crippen LogP contribution in [-0.2, 0) is 6.42 Å². The smallest absolute Gasteiger partial charge is 0.0804 e. The number of nitrogens with one attached hydrogen (secondary N) is 2. The van der Waals surface area contributed by atoms with Crippen molar-refractivity contribution in [3.63, 3.8) is 0 Å². The molecule has 2 aromatic rings. The second kappa shape index (κ2) is 6.38. The van der Waals surface area contributed by atoms with Gasteiger partial charge in [-0.1, -0.05) is 18.2 Å². The molecule has 4 nitrogen and oxygen atoms in total. The fourth-order valence-electron chi connectivity index (χ4n) is 2.55. The van der Waals surface area contributed by atoms with Crippen LogP contribution in [0.1, 0.15) is 5.56 Å². The van der Waals surface area contributed by atoms with Crippen LogP contribution in [-0.4, -0.2) is 35.5 Å². The first-order valence-corrected chi connectivity index (χ1v) is 7.58. The van der Waals surface area contributed by atoms with Crippen LogP contribution in [0, 0.1) is 0 Å². The first-order valence-electron chi connectivity index (χ1n) is 7.21. The summed E-state index contributed by atoms with van der Waals surface area (Å²) in [6, 6.07) is 5.85. The molecule has 0 atom stereocenters. The third kappa shape index (κ3) is 3.08. The number of rotatable bonds is 6. The van der Waals surface area contributed by atoms with E-state index < -0.39 is 0 Å². The van der Waals surface area contributed by atoms with Gasteiger partial charge in [0, 0.05) is 28.7 Å². The number of aliphatic hydroxyl groups excluding tert-OH is 1. The lowest BCUT2D eigenvalue weighted by molar-refractivity contribution is 0.330. The molecule has 22 heavy (non-hydrogen) atoms. The summed E-state index contributed by atoms with van der Waals surface area (Å²) in [6.07, 6.45) is 4.77. The zero-order chi connectivity index (χ0) is 15.5. The van der Waals surface area contributed by atoms with Crippen molar-refractivity contribution in [2.75, 3.05) is 19.7 Å². The molecule has 2 heterocycles. The van der Waals surface area contributed by atoms with E-state index >= 15 is 0 Å². The molecule has 0 saturated carbocycles. The van der Waals surface area contributed by atoms with Crippen LogP contribution in [0.3, 0.4) is 0 Å². The molecule has 3 rings (SSSR count). The minimum atomic E-state index is 0.0520. The molecule has 1 aliphatic rings. The topological polar surface area (TPSA) is 60.4 Å². The number of aliphatic imine (C=N–C) groups is 1. The predicted molar refractivity (Wildman–Crippen MR) is 91.6 cm³/mol. The van der Waals surface area contributed by atoms with Gasteiger partial charge in [-0.2, -0.15) is 0 Å². The SMILES string of the molecule is C=C(NCCc1c[nH]c2ccc(Cl)cc12)C1=NCC(CO)=C1. The molecular weight excluding hydrogens is 298 g/mol. The molecule has 0 radical (unpaired) electrons. The summed E-state index contributed by atoms with van der Waals surface area (Å²) < 4.78 is 0. The van der Waals surface area contributed by atoms with Gasteiger partial charge in [-0.3, -0.25) is 4.99 Å². The highest BCUT2D eigenvalue weighted by Gasteiger charge is 2.10. The van der Waals surface area contributed by atoms with E-state index in [9.17, 15) is 0 Å². The summed E-state index contributed by atoms with van der Waals surface area (Å²) in [5.74, 6) is 0. The van der Waals surface area contributed by atoms with E-state index in [0.29, 0.717) is 6.54 Å². The maximum atomic E-state index is 9.08. The van der Waals surface area contributed by atoms with Crippen molar-refractivity contribution in [3.8, 4) is 0 Å². The number of halogens is 1. The lowest BCUT2D eigenvalue weighted by Gasteiger charge is -2.08. The summed E-state index contributed by atoms with van der Waals surface area (Å²) in [4.78, 5) is 7.60. The van der Waals surface area contributed by atoms with E-state index in [1.54, 1.807) is 0 Å². The summed E-state index contributed by atoms with van der Waals surface area (Å²) in [7, 11) is 0. The second-order valence-corrected chi connectivity index (χ2v) is 5.76. The molecule has 0 amide bonds. The van der Waals surface area contributed by atoms with Crippen molar-refractivity contribution in [3.05, 3.63) is 58.9 Å². The molecule has 1 aromatic carbocycles. The van der Waals surface area contributed by atoms with Gasteiger partial charge in [-0.15, -0.1) is 0 Å². The van der Waals surface area contributed by atoms with Crippen LogP contribution in [0.25, 0.3) is 10.9 Å². The van der Waals surface area contributed by atoms with Gasteiger partial charge in [-0.25, -0.2) is 0 Å². The number of aliphatic hydroxyl groups is 1. The van der Waals surface area contributed by atoms with Crippen molar-refractivity contribution in [1.82, 2.24) is 10.3 Å². The quantitative estimate of drug-likeness (QED) is 0.767. The number of allylic oxidation sites excluding steroid dienone is 1. The van der Waals surface area contributed by atoms with Crippen LogP contribution in [0.4, 0.5) is 0 Å². The Labute approximate surface area is 134 Å². The third-order valence-corrected chi connectivity index (χ3v) is 4.00. The molecule has 0 bridgehead atoms. The minimum Gasteiger partial charge on any atom is -0.392 e. The summed E-state index contributed by atoms with van der Waals surface area (Å²) in [6.45, 7) is 5.38. The maximum Gasteiger partial charge on any atom is 0.0804 e. The van der Waals surface area contributed by atoms with Gasteiger partial charge < -0.3 is 15.4 Å². The Morgan fingerprint density at radius 3 is 3.09 bits per heavy atom. The number of aromatic amines is 1. The lowest BCUT2D eigenvalue weighted by Crippen LogP contribution is -2.20. The molecule has 0 spiro atoms. The van der Waals surface area contributed by atoms with Crippen LogP contribution in [0.5, 0.6) is 0 Å². The van der Waals surface area contributed by atoms with Gasteiger partial charge >= 0.3 is 0 Å². The van der Waals surface area contributed by atoms with E-state index in [0.717, 1.165) is 45.9 Å². The number of benzene rings is 1. The van der Waals surface area contributed by atoms with Crippen LogP contribution >= 0.6 is 11.6 Å². The number of H-pyrrole nitrogens is 1. The average molecular weight is 316 g/mol. The number of nitrogens with zero attached hydrogens (tertiary/aromatic N) is 1. The van der Waals surface area contributed by atoms with Crippen LogP contribution in [0.2, 0.25) is 5.02 Å². The Morgan fingerprint density at radius 1 is 1.45 bits per heavy atom. The van der Waals surface area contributed by atoms with E-state index in [2.05, 4.69) is 21.9 Å². The standard InChI is InChI=1S/C17H18ClN3O/c1-11(17-6-12(10-22)8-20-17)19-5-4-13-9-21-16-3-2-14(18)7-15(13)16/h2-3,6-7,9,19,21-22H,1,4-5,8,10H2. The maximum absolute atomic E-state index is 9.08. The Hall–Kier alpha value is -2.04. The first-order chi connectivity index (χ1) is 10.7. The lowest BCUT2D eigenvalue weighted by atomic mass is 10.1. The van der Waals surface area contributed by atoms with Gasteiger partial charge in [0.2, 0.25) is 0 Å². The minimum absolute atomic E-state index is 0.0520. The average Bonchev–Trinajstić information content (AvgIpc) is 3.14. The van der Waals surface area contributed by atoms with Gasteiger partial charge in [0.05, 0.1) is 24.6 Å². The molecular formula is C17H18ClN3O.